The zero-order valence-corrected chi connectivity index (χ0v) is 8.84. The number of carbonyl (C=O) groups excluding carboxylic acids is 1. The van der Waals surface area contributed by atoms with Crippen LogP contribution in [0.2, 0.25) is 0 Å². The van der Waals surface area contributed by atoms with E-state index in [2.05, 4.69) is 6.92 Å². The summed E-state index contributed by atoms with van der Waals surface area (Å²) in [4.78, 5) is 10.9. The van der Waals surface area contributed by atoms with E-state index in [9.17, 15) is 4.79 Å². The lowest BCUT2D eigenvalue weighted by molar-refractivity contribution is -0.143. The number of hydrogen-bond acceptors (Lipinski definition) is 3. The van der Waals surface area contributed by atoms with Crippen LogP contribution >= 0.6 is 0 Å². The maximum Gasteiger partial charge on any atom is 0.305 e. The standard InChI is InChI=1S/C10H20O3/c1-4-8-13-9(3)6-7-10(11)12-5-2/h9H,4-8H2,1-3H3. The van der Waals surface area contributed by atoms with E-state index in [1.807, 2.05) is 13.8 Å². The highest BCUT2D eigenvalue weighted by molar-refractivity contribution is 5.69. The van der Waals surface area contributed by atoms with Crippen molar-refractivity contribution >= 4 is 5.97 Å². The van der Waals surface area contributed by atoms with Crippen molar-refractivity contribution in [2.75, 3.05) is 13.2 Å². The Morgan fingerprint density at radius 2 is 2.08 bits per heavy atom. The van der Waals surface area contributed by atoms with Gasteiger partial charge in [-0.05, 0) is 26.7 Å². The van der Waals surface area contributed by atoms with Crippen molar-refractivity contribution in [2.24, 2.45) is 0 Å². The summed E-state index contributed by atoms with van der Waals surface area (Å²) in [7, 11) is 0. The van der Waals surface area contributed by atoms with Crippen molar-refractivity contribution in [3.63, 3.8) is 0 Å². The fourth-order valence-corrected chi connectivity index (χ4v) is 0.957. The Hall–Kier alpha value is -0.570. The molecule has 0 N–H and O–H groups in total. The predicted octanol–water partition coefficient (Wildman–Crippen LogP) is 2.14. The van der Waals surface area contributed by atoms with Crippen LogP contribution in [0, 0.1) is 0 Å². The molecule has 1 atom stereocenters. The van der Waals surface area contributed by atoms with Gasteiger partial charge in [-0.3, -0.25) is 4.79 Å². The Morgan fingerprint density at radius 3 is 2.62 bits per heavy atom. The molecule has 0 rings (SSSR count). The van der Waals surface area contributed by atoms with Crippen molar-refractivity contribution < 1.29 is 14.3 Å². The molecule has 0 heterocycles. The summed E-state index contributed by atoms with van der Waals surface area (Å²) in [6, 6.07) is 0. The predicted molar refractivity (Wildman–Crippen MR) is 51.6 cm³/mol. The summed E-state index contributed by atoms with van der Waals surface area (Å²) in [6.07, 6.45) is 2.38. The van der Waals surface area contributed by atoms with Gasteiger partial charge in [-0.2, -0.15) is 0 Å². The van der Waals surface area contributed by atoms with Crippen LogP contribution in [-0.2, 0) is 14.3 Å². The van der Waals surface area contributed by atoms with Crippen LogP contribution in [0.15, 0.2) is 0 Å². The smallest absolute Gasteiger partial charge is 0.305 e. The second-order valence-corrected chi connectivity index (χ2v) is 3.03. The van der Waals surface area contributed by atoms with Crippen LogP contribution in [-0.4, -0.2) is 25.3 Å². The molecule has 0 saturated heterocycles. The molecule has 0 fully saturated rings. The van der Waals surface area contributed by atoms with Crippen LogP contribution < -0.4 is 0 Å². The molecule has 0 aliphatic heterocycles. The molecule has 1 unspecified atom stereocenters. The maximum absolute atomic E-state index is 10.9. The van der Waals surface area contributed by atoms with Crippen molar-refractivity contribution in [1.29, 1.82) is 0 Å². The molecular formula is C10H20O3. The number of esters is 1. The molecule has 0 aliphatic carbocycles. The van der Waals surface area contributed by atoms with Gasteiger partial charge in [0.25, 0.3) is 0 Å². The van der Waals surface area contributed by atoms with E-state index in [4.69, 9.17) is 9.47 Å². The second-order valence-electron chi connectivity index (χ2n) is 3.03. The first kappa shape index (κ1) is 12.4. The quantitative estimate of drug-likeness (QED) is 0.574. The van der Waals surface area contributed by atoms with Crippen LogP contribution in [0.1, 0.15) is 40.0 Å². The summed E-state index contributed by atoms with van der Waals surface area (Å²) in [5.74, 6) is -0.130. The third-order valence-electron chi connectivity index (χ3n) is 1.67. The Labute approximate surface area is 80.4 Å². The van der Waals surface area contributed by atoms with Crippen molar-refractivity contribution in [3.05, 3.63) is 0 Å². The van der Waals surface area contributed by atoms with Gasteiger partial charge in [0, 0.05) is 13.0 Å². The fraction of sp³-hybridized carbons (Fsp3) is 0.900. The van der Waals surface area contributed by atoms with Gasteiger partial charge in [-0.25, -0.2) is 0 Å². The first-order chi connectivity index (χ1) is 6.20. The highest BCUT2D eigenvalue weighted by atomic mass is 16.5. The number of rotatable bonds is 7. The number of carbonyl (C=O) groups is 1. The molecule has 0 aliphatic rings. The Kier molecular flexibility index (Phi) is 7.69. The average Bonchev–Trinajstić information content (AvgIpc) is 2.12. The zero-order valence-electron chi connectivity index (χ0n) is 8.84. The number of hydrogen-bond donors (Lipinski definition) is 0. The van der Waals surface area contributed by atoms with Gasteiger partial charge in [0.2, 0.25) is 0 Å². The van der Waals surface area contributed by atoms with Crippen LogP contribution in [0.3, 0.4) is 0 Å². The van der Waals surface area contributed by atoms with Gasteiger partial charge >= 0.3 is 5.97 Å². The van der Waals surface area contributed by atoms with Crippen LogP contribution in [0.5, 0.6) is 0 Å². The molecule has 78 valence electrons. The second kappa shape index (κ2) is 8.05. The molecule has 0 amide bonds. The topological polar surface area (TPSA) is 35.5 Å². The lowest BCUT2D eigenvalue weighted by Gasteiger charge is -2.11. The third kappa shape index (κ3) is 7.78. The van der Waals surface area contributed by atoms with E-state index >= 15 is 0 Å². The van der Waals surface area contributed by atoms with Crippen LogP contribution in [0.4, 0.5) is 0 Å². The minimum atomic E-state index is -0.130. The fourth-order valence-electron chi connectivity index (χ4n) is 0.957. The molecule has 3 nitrogen and oxygen atoms in total. The summed E-state index contributed by atoms with van der Waals surface area (Å²) < 4.78 is 10.2. The van der Waals surface area contributed by atoms with E-state index in [1.54, 1.807) is 0 Å². The molecular weight excluding hydrogens is 168 g/mol. The monoisotopic (exact) mass is 188 g/mol. The van der Waals surface area contributed by atoms with E-state index in [1.165, 1.54) is 0 Å². The normalized spacial score (nSPS) is 12.5. The van der Waals surface area contributed by atoms with Crippen molar-refractivity contribution in [1.82, 2.24) is 0 Å². The molecule has 13 heavy (non-hydrogen) atoms. The number of ether oxygens (including phenoxy) is 2. The first-order valence-electron chi connectivity index (χ1n) is 4.97. The van der Waals surface area contributed by atoms with Gasteiger partial charge < -0.3 is 9.47 Å². The molecule has 0 radical (unpaired) electrons. The van der Waals surface area contributed by atoms with Gasteiger partial charge in [0.05, 0.1) is 12.7 Å². The summed E-state index contributed by atoms with van der Waals surface area (Å²) in [6.45, 7) is 7.09. The third-order valence-corrected chi connectivity index (χ3v) is 1.67. The van der Waals surface area contributed by atoms with Gasteiger partial charge in [-0.15, -0.1) is 0 Å². The summed E-state index contributed by atoms with van der Waals surface area (Å²) >= 11 is 0. The highest BCUT2D eigenvalue weighted by Gasteiger charge is 2.06. The molecule has 0 aromatic rings. The first-order valence-corrected chi connectivity index (χ1v) is 4.97. The lowest BCUT2D eigenvalue weighted by Crippen LogP contribution is -2.12. The highest BCUT2D eigenvalue weighted by Crippen LogP contribution is 2.03. The Balaban J connectivity index is 3.34. The molecule has 0 spiro atoms. The zero-order chi connectivity index (χ0) is 10.1. The van der Waals surface area contributed by atoms with E-state index in [-0.39, 0.29) is 12.1 Å². The maximum atomic E-state index is 10.9. The SMILES string of the molecule is CCCOC(C)CCC(=O)OCC. The van der Waals surface area contributed by atoms with E-state index in [0.717, 1.165) is 19.4 Å². The summed E-state index contributed by atoms with van der Waals surface area (Å²) in [5.41, 5.74) is 0. The van der Waals surface area contributed by atoms with E-state index < -0.39 is 0 Å². The molecule has 0 bridgehead atoms. The molecule has 0 aromatic heterocycles. The van der Waals surface area contributed by atoms with E-state index in [0.29, 0.717) is 13.0 Å². The van der Waals surface area contributed by atoms with Crippen LogP contribution in [0.25, 0.3) is 0 Å². The van der Waals surface area contributed by atoms with Gasteiger partial charge in [-0.1, -0.05) is 6.92 Å². The van der Waals surface area contributed by atoms with Gasteiger partial charge in [0.1, 0.15) is 0 Å². The Morgan fingerprint density at radius 1 is 1.38 bits per heavy atom. The molecule has 0 aromatic carbocycles. The largest absolute Gasteiger partial charge is 0.466 e. The van der Waals surface area contributed by atoms with Crippen molar-refractivity contribution in [3.8, 4) is 0 Å². The minimum absolute atomic E-state index is 0.130. The minimum Gasteiger partial charge on any atom is -0.466 e. The molecule has 0 saturated carbocycles. The molecule has 3 heteroatoms. The van der Waals surface area contributed by atoms with Gasteiger partial charge in [0.15, 0.2) is 0 Å². The lowest BCUT2D eigenvalue weighted by atomic mass is 10.2. The summed E-state index contributed by atoms with van der Waals surface area (Å²) in [5, 5.41) is 0. The Bertz CT molecular complexity index is 134. The average molecular weight is 188 g/mol. The van der Waals surface area contributed by atoms with Crippen molar-refractivity contribution in [2.45, 2.75) is 46.1 Å².